The van der Waals surface area contributed by atoms with Crippen LogP contribution in [0.3, 0.4) is 0 Å². The van der Waals surface area contributed by atoms with Crippen molar-refractivity contribution in [1.29, 1.82) is 0 Å². The summed E-state index contributed by atoms with van der Waals surface area (Å²) >= 11 is 0. The minimum Gasteiger partial charge on any atom is -0.464 e. The molecule has 0 saturated carbocycles. The highest BCUT2D eigenvalue weighted by atomic mass is 16.3. The maximum Gasteiger partial charge on any atom is 0.121 e. The van der Waals surface area contributed by atoms with Crippen LogP contribution in [0.5, 0.6) is 0 Å². The third kappa shape index (κ3) is 4.55. The zero-order chi connectivity index (χ0) is 13.2. The number of nitrogens with two attached hydrogens (primary N) is 1. The van der Waals surface area contributed by atoms with Crippen molar-refractivity contribution >= 4 is 0 Å². The zero-order valence-electron chi connectivity index (χ0n) is 12.1. The summed E-state index contributed by atoms with van der Waals surface area (Å²) in [5, 5.41) is 0. The molecule has 0 aromatic carbocycles. The van der Waals surface area contributed by atoms with Gasteiger partial charge in [0.1, 0.15) is 11.5 Å². The van der Waals surface area contributed by atoms with Crippen LogP contribution >= 0.6 is 0 Å². The van der Waals surface area contributed by atoms with Gasteiger partial charge in [-0.3, -0.25) is 0 Å². The van der Waals surface area contributed by atoms with E-state index in [2.05, 4.69) is 40.7 Å². The van der Waals surface area contributed by atoms with Gasteiger partial charge in [0.2, 0.25) is 0 Å². The number of aryl methyl sites for hydroxylation is 2. The van der Waals surface area contributed by atoms with Gasteiger partial charge >= 0.3 is 0 Å². The highest BCUT2D eigenvalue weighted by Gasteiger charge is 2.20. The van der Waals surface area contributed by atoms with Crippen LogP contribution in [0.15, 0.2) is 10.5 Å². The van der Waals surface area contributed by atoms with E-state index >= 15 is 0 Å². The lowest BCUT2D eigenvalue weighted by Gasteiger charge is -2.24. The Labute approximate surface area is 106 Å². The summed E-state index contributed by atoms with van der Waals surface area (Å²) in [6, 6.07) is 2.10. The summed E-state index contributed by atoms with van der Waals surface area (Å²) in [6.07, 6.45) is 2.18. The highest BCUT2D eigenvalue weighted by molar-refractivity contribution is 5.20. The molecule has 1 rings (SSSR count). The lowest BCUT2D eigenvalue weighted by molar-refractivity contribution is 0.278. The van der Waals surface area contributed by atoms with Crippen LogP contribution in [0.2, 0.25) is 0 Å². The molecule has 0 saturated heterocycles. The summed E-state index contributed by atoms with van der Waals surface area (Å²) < 4.78 is 5.68. The second kappa shape index (κ2) is 5.26. The Bertz CT molecular complexity index is 340. The van der Waals surface area contributed by atoms with E-state index in [-0.39, 0.29) is 6.04 Å². The molecule has 0 amide bonds. The molecule has 0 radical (unpaired) electrons. The van der Waals surface area contributed by atoms with Crippen LogP contribution in [-0.2, 0) is 0 Å². The normalized spacial score (nSPS) is 15.9. The van der Waals surface area contributed by atoms with E-state index in [4.69, 9.17) is 10.2 Å². The van der Waals surface area contributed by atoms with Crippen molar-refractivity contribution in [2.24, 2.45) is 17.1 Å². The summed E-state index contributed by atoms with van der Waals surface area (Å²) in [5.74, 6) is 2.54. The summed E-state index contributed by atoms with van der Waals surface area (Å²) in [4.78, 5) is 0. The topological polar surface area (TPSA) is 39.2 Å². The Morgan fingerprint density at radius 2 is 1.88 bits per heavy atom. The Hall–Kier alpha value is -0.760. The molecule has 1 aromatic rings. The maximum absolute atomic E-state index is 6.20. The zero-order valence-corrected chi connectivity index (χ0v) is 12.1. The monoisotopic (exact) mass is 237 g/mol. The molecule has 0 aliphatic rings. The quantitative estimate of drug-likeness (QED) is 0.845. The highest BCUT2D eigenvalue weighted by Crippen LogP contribution is 2.30. The van der Waals surface area contributed by atoms with Crippen molar-refractivity contribution in [3.05, 3.63) is 23.2 Å². The summed E-state index contributed by atoms with van der Waals surface area (Å²) in [7, 11) is 0. The Morgan fingerprint density at radius 1 is 1.29 bits per heavy atom. The molecule has 2 N–H and O–H groups in total. The molecule has 2 atom stereocenters. The molecule has 2 nitrogen and oxygen atoms in total. The Balaban J connectivity index is 2.57. The predicted molar refractivity (Wildman–Crippen MR) is 73.0 cm³/mol. The van der Waals surface area contributed by atoms with E-state index in [0.29, 0.717) is 11.3 Å². The number of rotatable bonds is 4. The minimum atomic E-state index is 0.0275. The first-order valence-electron chi connectivity index (χ1n) is 6.51. The molecule has 0 spiro atoms. The van der Waals surface area contributed by atoms with Gasteiger partial charge in [-0.15, -0.1) is 0 Å². The van der Waals surface area contributed by atoms with Gasteiger partial charge in [-0.05, 0) is 49.7 Å². The molecule has 98 valence electrons. The van der Waals surface area contributed by atoms with Crippen LogP contribution in [-0.4, -0.2) is 0 Å². The second-order valence-corrected chi connectivity index (χ2v) is 6.60. The predicted octanol–water partition coefficient (Wildman–Crippen LogP) is 4.36. The van der Waals surface area contributed by atoms with Gasteiger partial charge in [0, 0.05) is 0 Å². The van der Waals surface area contributed by atoms with E-state index in [9.17, 15) is 0 Å². The smallest absolute Gasteiger partial charge is 0.121 e. The first-order valence-corrected chi connectivity index (χ1v) is 6.51. The molecule has 0 aliphatic heterocycles. The van der Waals surface area contributed by atoms with Crippen LogP contribution in [0.1, 0.15) is 63.7 Å². The average molecular weight is 237 g/mol. The molecular weight excluding hydrogens is 210 g/mol. The van der Waals surface area contributed by atoms with Crippen molar-refractivity contribution in [3.63, 3.8) is 0 Å². The van der Waals surface area contributed by atoms with E-state index in [1.165, 1.54) is 12.0 Å². The third-order valence-corrected chi connectivity index (χ3v) is 3.17. The van der Waals surface area contributed by atoms with Gasteiger partial charge in [0.25, 0.3) is 0 Å². The van der Waals surface area contributed by atoms with Gasteiger partial charge in [-0.1, -0.05) is 27.7 Å². The van der Waals surface area contributed by atoms with E-state index < -0.39 is 0 Å². The molecule has 0 bridgehead atoms. The number of furan rings is 1. The maximum atomic E-state index is 6.20. The van der Waals surface area contributed by atoms with E-state index in [0.717, 1.165) is 17.9 Å². The third-order valence-electron chi connectivity index (χ3n) is 3.17. The fraction of sp³-hybridized carbons (Fsp3) is 0.733. The molecule has 1 heterocycles. The van der Waals surface area contributed by atoms with Crippen molar-refractivity contribution < 1.29 is 4.42 Å². The van der Waals surface area contributed by atoms with Crippen molar-refractivity contribution in [1.82, 2.24) is 0 Å². The average Bonchev–Trinajstić information content (AvgIpc) is 2.43. The molecule has 2 heteroatoms. The van der Waals surface area contributed by atoms with E-state index in [1.807, 2.05) is 6.92 Å². The molecule has 2 unspecified atom stereocenters. The first-order chi connectivity index (χ1) is 7.69. The summed E-state index contributed by atoms with van der Waals surface area (Å²) in [5.41, 5.74) is 7.77. The van der Waals surface area contributed by atoms with Crippen LogP contribution in [0, 0.1) is 25.2 Å². The van der Waals surface area contributed by atoms with E-state index in [1.54, 1.807) is 0 Å². The lowest BCUT2D eigenvalue weighted by Crippen LogP contribution is -2.17. The summed E-state index contributed by atoms with van der Waals surface area (Å²) in [6.45, 7) is 13.1. The molecule has 1 aromatic heterocycles. The number of hydrogen-bond donors (Lipinski definition) is 1. The first kappa shape index (κ1) is 14.3. The van der Waals surface area contributed by atoms with Crippen molar-refractivity contribution in [2.45, 2.75) is 60.4 Å². The van der Waals surface area contributed by atoms with Crippen LogP contribution in [0.25, 0.3) is 0 Å². The van der Waals surface area contributed by atoms with Crippen molar-refractivity contribution in [2.75, 3.05) is 0 Å². The minimum absolute atomic E-state index is 0.0275. The fourth-order valence-electron chi connectivity index (χ4n) is 2.46. The Morgan fingerprint density at radius 3 is 2.29 bits per heavy atom. The van der Waals surface area contributed by atoms with Gasteiger partial charge in [-0.2, -0.15) is 0 Å². The van der Waals surface area contributed by atoms with Crippen LogP contribution < -0.4 is 5.73 Å². The van der Waals surface area contributed by atoms with Gasteiger partial charge < -0.3 is 10.2 Å². The standard InChI is InChI=1S/C15H27NO/c1-10(9-15(4,5)6)7-13(16)14-8-11(2)12(3)17-14/h8,10,13H,7,9,16H2,1-6H3. The van der Waals surface area contributed by atoms with Gasteiger partial charge in [0.05, 0.1) is 6.04 Å². The second-order valence-electron chi connectivity index (χ2n) is 6.60. The van der Waals surface area contributed by atoms with Crippen molar-refractivity contribution in [3.8, 4) is 0 Å². The molecule has 0 fully saturated rings. The van der Waals surface area contributed by atoms with Gasteiger partial charge in [0.15, 0.2) is 0 Å². The largest absolute Gasteiger partial charge is 0.464 e. The lowest BCUT2D eigenvalue weighted by atomic mass is 9.83. The molecule has 17 heavy (non-hydrogen) atoms. The Kier molecular flexibility index (Phi) is 4.42. The van der Waals surface area contributed by atoms with Gasteiger partial charge in [-0.25, -0.2) is 0 Å². The molecule has 0 aliphatic carbocycles. The van der Waals surface area contributed by atoms with Crippen LogP contribution in [0.4, 0.5) is 0 Å². The number of hydrogen-bond acceptors (Lipinski definition) is 2. The fourth-order valence-corrected chi connectivity index (χ4v) is 2.46. The SMILES string of the molecule is Cc1cc(C(N)CC(C)CC(C)(C)C)oc1C. The molecular formula is C15H27NO.